The molecular weight excluding hydrogens is 306 g/mol. The molecule has 24 heavy (non-hydrogen) atoms. The summed E-state index contributed by atoms with van der Waals surface area (Å²) in [6.45, 7) is 0.415. The van der Waals surface area contributed by atoms with Crippen molar-refractivity contribution in [2.24, 2.45) is 0 Å². The third-order valence-electron chi connectivity index (χ3n) is 3.72. The monoisotopic (exact) mass is 323 g/mol. The predicted molar refractivity (Wildman–Crippen MR) is 91.5 cm³/mol. The van der Waals surface area contributed by atoms with Gasteiger partial charge in [0.2, 0.25) is 0 Å². The highest BCUT2D eigenvalue weighted by molar-refractivity contribution is 5.96. The lowest BCUT2D eigenvalue weighted by Crippen LogP contribution is -2.29. The first-order valence-electron chi connectivity index (χ1n) is 7.61. The van der Waals surface area contributed by atoms with Crippen LogP contribution >= 0.6 is 0 Å². The van der Waals surface area contributed by atoms with E-state index < -0.39 is 11.5 Å². The number of hydrogen-bond donors (Lipinski definition) is 1. The zero-order valence-corrected chi connectivity index (χ0v) is 13.2. The first-order valence-corrected chi connectivity index (χ1v) is 7.61. The number of rotatable bonds is 5. The van der Waals surface area contributed by atoms with Crippen molar-refractivity contribution >= 4 is 16.9 Å². The molecule has 0 unspecified atom stereocenters. The van der Waals surface area contributed by atoms with Gasteiger partial charge >= 0.3 is 5.63 Å². The van der Waals surface area contributed by atoms with E-state index in [4.69, 9.17) is 9.15 Å². The zero-order chi connectivity index (χ0) is 16.9. The van der Waals surface area contributed by atoms with Gasteiger partial charge in [-0.15, -0.1) is 0 Å². The molecule has 1 aromatic heterocycles. The molecule has 0 aliphatic rings. The molecule has 0 atom stereocenters. The average molecular weight is 323 g/mol. The van der Waals surface area contributed by atoms with Gasteiger partial charge in [-0.1, -0.05) is 30.3 Å². The van der Waals surface area contributed by atoms with E-state index in [1.807, 2.05) is 30.3 Å². The van der Waals surface area contributed by atoms with Crippen LogP contribution in [0.1, 0.15) is 15.9 Å². The Bertz CT molecular complexity index is 930. The summed E-state index contributed by atoms with van der Waals surface area (Å²) in [5, 5.41) is 3.47. The van der Waals surface area contributed by atoms with Gasteiger partial charge in [-0.05, 0) is 36.2 Å². The van der Waals surface area contributed by atoms with E-state index in [0.29, 0.717) is 18.5 Å². The molecule has 0 fully saturated rings. The van der Waals surface area contributed by atoms with Crippen LogP contribution in [0.5, 0.6) is 5.75 Å². The molecule has 0 saturated carbocycles. The molecule has 122 valence electrons. The molecule has 0 bridgehead atoms. The minimum Gasteiger partial charge on any atom is -0.497 e. The highest BCUT2D eigenvalue weighted by Gasteiger charge is 2.13. The topological polar surface area (TPSA) is 68.5 Å². The van der Waals surface area contributed by atoms with Crippen molar-refractivity contribution < 1.29 is 13.9 Å². The normalized spacial score (nSPS) is 10.5. The molecule has 3 aromatic rings. The van der Waals surface area contributed by atoms with Crippen molar-refractivity contribution in [2.45, 2.75) is 6.42 Å². The standard InChI is InChI=1S/C19H17NO4/c1-23-15-7-4-5-13(11-15)9-10-20-18(21)16-12-14-6-2-3-8-17(14)24-19(16)22/h2-8,11-12H,9-10H2,1H3,(H,20,21). The first-order chi connectivity index (χ1) is 11.7. The van der Waals surface area contributed by atoms with Gasteiger partial charge in [-0.2, -0.15) is 0 Å². The molecule has 2 aromatic carbocycles. The number of nitrogens with one attached hydrogen (secondary N) is 1. The van der Waals surface area contributed by atoms with E-state index in [1.54, 1.807) is 31.4 Å². The number of methoxy groups -OCH3 is 1. The Balaban J connectivity index is 1.69. The van der Waals surface area contributed by atoms with Gasteiger partial charge in [0, 0.05) is 11.9 Å². The Hall–Kier alpha value is -3.08. The SMILES string of the molecule is COc1cccc(CCNC(=O)c2cc3ccccc3oc2=O)c1. The third-order valence-corrected chi connectivity index (χ3v) is 3.72. The number of para-hydroxylation sites is 1. The second-order valence-electron chi connectivity index (χ2n) is 5.34. The van der Waals surface area contributed by atoms with Crippen molar-refractivity contribution in [3.63, 3.8) is 0 Å². The quantitative estimate of drug-likeness (QED) is 0.733. The van der Waals surface area contributed by atoms with Crippen molar-refractivity contribution in [2.75, 3.05) is 13.7 Å². The Labute approximate surface area is 138 Å². The van der Waals surface area contributed by atoms with Gasteiger partial charge in [0.05, 0.1) is 7.11 Å². The Kier molecular flexibility index (Phi) is 4.61. The predicted octanol–water partition coefficient (Wildman–Crippen LogP) is 2.77. The van der Waals surface area contributed by atoms with Crippen LogP contribution in [0.25, 0.3) is 11.0 Å². The van der Waals surface area contributed by atoms with E-state index >= 15 is 0 Å². The fourth-order valence-corrected chi connectivity index (χ4v) is 2.46. The molecule has 3 rings (SSSR count). The van der Waals surface area contributed by atoms with Crippen molar-refractivity contribution in [1.29, 1.82) is 0 Å². The van der Waals surface area contributed by atoms with E-state index in [0.717, 1.165) is 16.7 Å². The summed E-state index contributed by atoms with van der Waals surface area (Å²) in [5.74, 6) is 0.339. The van der Waals surface area contributed by atoms with Crippen molar-refractivity contribution in [1.82, 2.24) is 5.32 Å². The first kappa shape index (κ1) is 15.8. The molecule has 0 aliphatic carbocycles. The largest absolute Gasteiger partial charge is 0.497 e. The third kappa shape index (κ3) is 3.46. The van der Waals surface area contributed by atoms with Crippen LogP contribution < -0.4 is 15.7 Å². The van der Waals surface area contributed by atoms with Crippen LogP contribution in [0, 0.1) is 0 Å². The molecule has 0 spiro atoms. The number of amides is 1. The zero-order valence-electron chi connectivity index (χ0n) is 13.2. The molecule has 5 heteroatoms. The summed E-state index contributed by atoms with van der Waals surface area (Å²) < 4.78 is 10.3. The molecule has 0 saturated heterocycles. The van der Waals surface area contributed by atoms with Gasteiger partial charge in [0.15, 0.2) is 0 Å². The summed E-state index contributed by atoms with van der Waals surface area (Å²) in [4.78, 5) is 24.2. The average Bonchev–Trinajstić information content (AvgIpc) is 2.61. The van der Waals surface area contributed by atoms with Gasteiger partial charge in [-0.25, -0.2) is 4.79 Å². The minimum absolute atomic E-state index is 0.0133. The fraction of sp³-hybridized carbons (Fsp3) is 0.158. The van der Waals surface area contributed by atoms with Crippen LogP contribution in [0.2, 0.25) is 0 Å². The molecule has 0 radical (unpaired) electrons. The molecule has 0 aliphatic heterocycles. The van der Waals surface area contributed by atoms with E-state index in [-0.39, 0.29) is 5.56 Å². The van der Waals surface area contributed by atoms with E-state index in [1.165, 1.54) is 0 Å². The van der Waals surface area contributed by atoms with Crippen LogP contribution in [0.3, 0.4) is 0 Å². The number of hydrogen-bond acceptors (Lipinski definition) is 4. The second kappa shape index (κ2) is 7.00. The van der Waals surface area contributed by atoms with Crippen LogP contribution in [-0.2, 0) is 6.42 Å². The number of fused-ring (bicyclic) bond motifs is 1. The lowest BCUT2D eigenvalue weighted by atomic mass is 10.1. The van der Waals surface area contributed by atoms with Gasteiger partial charge in [0.25, 0.3) is 5.91 Å². The van der Waals surface area contributed by atoms with Crippen LogP contribution in [0.15, 0.2) is 63.8 Å². The number of carbonyl (C=O) groups is 1. The maximum Gasteiger partial charge on any atom is 0.349 e. The summed E-state index contributed by atoms with van der Waals surface area (Å²) in [7, 11) is 1.61. The lowest BCUT2D eigenvalue weighted by Gasteiger charge is -2.07. The summed E-state index contributed by atoms with van der Waals surface area (Å²) in [5.41, 5.74) is 0.891. The molecule has 1 heterocycles. The van der Waals surface area contributed by atoms with Crippen LogP contribution in [0.4, 0.5) is 0 Å². The maximum atomic E-state index is 12.2. The lowest BCUT2D eigenvalue weighted by molar-refractivity contribution is 0.0950. The Morgan fingerprint density at radius 2 is 1.96 bits per heavy atom. The maximum absolute atomic E-state index is 12.2. The van der Waals surface area contributed by atoms with Gasteiger partial charge < -0.3 is 14.5 Å². The summed E-state index contributed by atoms with van der Waals surface area (Å²) >= 11 is 0. The number of benzene rings is 2. The molecule has 1 amide bonds. The molecule has 1 N–H and O–H groups in total. The van der Waals surface area contributed by atoms with Gasteiger partial charge in [0.1, 0.15) is 16.9 Å². The van der Waals surface area contributed by atoms with Crippen molar-refractivity contribution in [3.8, 4) is 5.75 Å². The van der Waals surface area contributed by atoms with E-state index in [9.17, 15) is 9.59 Å². The fourth-order valence-electron chi connectivity index (χ4n) is 2.46. The highest BCUT2D eigenvalue weighted by Crippen LogP contribution is 2.13. The molecule has 5 nitrogen and oxygen atoms in total. The highest BCUT2D eigenvalue weighted by atomic mass is 16.5. The van der Waals surface area contributed by atoms with Crippen molar-refractivity contribution in [3.05, 3.63) is 76.1 Å². The summed E-state index contributed by atoms with van der Waals surface area (Å²) in [6, 6.07) is 16.3. The minimum atomic E-state index is -0.632. The summed E-state index contributed by atoms with van der Waals surface area (Å²) in [6.07, 6.45) is 0.641. The Morgan fingerprint density at radius 1 is 1.12 bits per heavy atom. The van der Waals surface area contributed by atoms with E-state index in [2.05, 4.69) is 5.32 Å². The second-order valence-corrected chi connectivity index (χ2v) is 5.34. The Morgan fingerprint density at radius 3 is 2.79 bits per heavy atom. The number of carbonyl (C=O) groups excluding carboxylic acids is 1. The smallest absolute Gasteiger partial charge is 0.349 e. The molecular formula is C19H17NO4. The van der Waals surface area contributed by atoms with Gasteiger partial charge in [-0.3, -0.25) is 4.79 Å². The van der Waals surface area contributed by atoms with Crippen LogP contribution in [-0.4, -0.2) is 19.6 Å². The number of ether oxygens (including phenoxy) is 1.